The third-order valence-electron chi connectivity index (χ3n) is 6.06. The number of ether oxygens (including phenoxy) is 1. The van der Waals surface area contributed by atoms with Crippen molar-refractivity contribution in [2.45, 2.75) is 91.6 Å². The number of anilines is 1. The molecule has 1 amide bonds. The minimum Gasteiger partial charge on any atom is -0.507 e. The molecule has 0 spiro atoms. The number of carboxylic acid groups (broad SMARTS) is 1. The summed E-state index contributed by atoms with van der Waals surface area (Å²) < 4.78 is 5.58. The van der Waals surface area contributed by atoms with Gasteiger partial charge in [-0.1, -0.05) is 60.6 Å². The van der Waals surface area contributed by atoms with Crippen molar-refractivity contribution in [3.8, 4) is 11.5 Å². The molecule has 6 heteroatoms. The van der Waals surface area contributed by atoms with E-state index in [1.165, 1.54) is 13.8 Å². The topological polar surface area (TPSA) is 87.1 Å². The first-order valence-corrected chi connectivity index (χ1v) is 12.2. The van der Waals surface area contributed by atoms with E-state index in [9.17, 15) is 19.8 Å². The van der Waals surface area contributed by atoms with Gasteiger partial charge in [-0.15, -0.1) is 0 Å². The lowest BCUT2D eigenvalue weighted by Crippen LogP contribution is -2.37. The van der Waals surface area contributed by atoms with Gasteiger partial charge in [0.15, 0.2) is 5.60 Å². The highest BCUT2D eigenvalue weighted by Gasteiger charge is 2.30. The van der Waals surface area contributed by atoms with Crippen LogP contribution in [0.15, 0.2) is 36.4 Å². The van der Waals surface area contributed by atoms with E-state index in [2.05, 4.69) is 41.5 Å². The van der Waals surface area contributed by atoms with Gasteiger partial charge in [-0.2, -0.15) is 0 Å². The predicted octanol–water partition coefficient (Wildman–Crippen LogP) is 6.21. The molecule has 2 aromatic rings. The van der Waals surface area contributed by atoms with Crippen molar-refractivity contribution >= 4 is 17.6 Å². The highest BCUT2D eigenvalue weighted by atomic mass is 16.5. The molecular weight excluding hydrogens is 442 g/mol. The van der Waals surface area contributed by atoms with Crippen LogP contribution in [-0.4, -0.2) is 34.2 Å². The maximum atomic E-state index is 13.0. The first kappa shape index (κ1) is 28.2. The number of hydrogen-bond acceptors (Lipinski definition) is 4. The quantitative estimate of drug-likeness (QED) is 0.466. The van der Waals surface area contributed by atoms with Crippen LogP contribution in [0.4, 0.5) is 5.69 Å². The average molecular weight is 484 g/mol. The van der Waals surface area contributed by atoms with Crippen molar-refractivity contribution in [2.24, 2.45) is 0 Å². The minimum absolute atomic E-state index is 0.0126. The first-order chi connectivity index (χ1) is 16.0. The Hall–Kier alpha value is -3.02. The molecule has 0 unspecified atom stereocenters. The Bertz CT molecular complexity index is 1020. The number of carbonyl (C=O) groups is 2. The molecule has 35 heavy (non-hydrogen) atoms. The summed E-state index contributed by atoms with van der Waals surface area (Å²) in [6, 6.07) is 11.1. The molecule has 0 saturated carbocycles. The molecule has 192 valence electrons. The zero-order chi connectivity index (χ0) is 26.8. The van der Waals surface area contributed by atoms with Crippen molar-refractivity contribution in [3.63, 3.8) is 0 Å². The minimum atomic E-state index is -1.32. The molecule has 6 nitrogen and oxygen atoms in total. The number of nitrogens with zero attached hydrogens (tertiary/aromatic N) is 1. The Morgan fingerprint density at radius 1 is 0.886 bits per heavy atom. The standard InChI is InChI=1S/C29H41NO5/c1-10-24(31)30(16-15-19-11-13-21(14-12-19)35-29(8,9)26(33)34)20-17-22(27(2,3)4)25(32)23(18-20)28(5,6)7/h11-14,17-18,32H,10,15-16H2,1-9H3,(H,33,34). The Balaban J connectivity index is 2.37. The number of aliphatic carboxylic acids is 1. The van der Waals surface area contributed by atoms with Gasteiger partial charge in [-0.05, 0) is 60.9 Å². The van der Waals surface area contributed by atoms with Crippen LogP contribution in [0.25, 0.3) is 0 Å². The second kappa shape index (κ2) is 10.3. The predicted molar refractivity (Wildman–Crippen MR) is 141 cm³/mol. The maximum Gasteiger partial charge on any atom is 0.347 e. The van der Waals surface area contributed by atoms with Gasteiger partial charge >= 0.3 is 5.97 Å². The number of benzene rings is 2. The molecule has 0 radical (unpaired) electrons. The van der Waals surface area contributed by atoms with Gasteiger partial charge in [0.05, 0.1) is 0 Å². The van der Waals surface area contributed by atoms with E-state index < -0.39 is 11.6 Å². The summed E-state index contributed by atoms with van der Waals surface area (Å²) in [6.45, 7) is 17.7. The van der Waals surface area contributed by atoms with Gasteiger partial charge < -0.3 is 19.8 Å². The van der Waals surface area contributed by atoms with Gasteiger partial charge in [0.1, 0.15) is 11.5 Å². The van der Waals surface area contributed by atoms with Crippen molar-refractivity contribution in [1.29, 1.82) is 0 Å². The molecule has 0 aliphatic carbocycles. The van der Waals surface area contributed by atoms with E-state index in [-0.39, 0.29) is 22.5 Å². The van der Waals surface area contributed by atoms with Crippen LogP contribution in [0.1, 0.15) is 85.4 Å². The van der Waals surface area contributed by atoms with Gasteiger partial charge in [-0.25, -0.2) is 4.79 Å². The summed E-state index contributed by atoms with van der Waals surface area (Å²) >= 11 is 0. The summed E-state index contributed by atoms with van der Waals surface area (Å²) in [6.07, 6.45) is 0.985. The SMILES string of the molecule is CCC(=O)N(CCc1ccc(OC(C)(C)C(=O)O)cc1)c1cc(C(C)(C)C)c(O)c(C(C)(C)C)c1. The number of aromatic hydroxyl groups is 1. The molecule has 0 fully saturated rings. The van der Waals surface area contributed by atoms with E-state index in [1.54, 1.807) is 17.0 Å². The van der Waals surface area contributed by atoms with Gasteiger partial charge in [0.25, 0.3) is 0 Å². The van der Waals surface area contributed by atoms with Crippen LogP contribution in [0.5, 0.6) is 11.5 Å². The number of hydrogen-bond donors (Lipinski definition) is 2. The van der Waals surface area contributed by atoms with Crippen LogP contribution in [-0.2, 0) is 26.8 Å². The highest BCUT2D eigenvalue weighted by molar-refractivity contribution is 5.93. The normalized spacial score (nSPS) is 12.4. The van der Waals surface area contributed by atoms with Crippen LogP contribution in [0.2, 0.25) is 0 Å². The Morgan fingerprint density at radius 3 is 1.77 bits per heavy atom. The zero-order valence-corrected chi connectivity index (χ0v) is 22.7. The fraction of sp³-hybridized carbons (Fsp3) is 0.517. The van der Waals surface area contributed by atoms with E-state index in [1.807, 2.05) is 31.2 Å². The molecular formula is C29H41NO5. The molecule has 0 saturated heterocycles. The third kappa shape index (κ3) is 7.00. The average Bonchev–Trinajstić information content (AvgIpc) is 2.73. The second-order valence-electron chi connectivity index (χ2n) is 11.6. The first-order valence-electron chi connectivity index (χ1n) is 12.2. The Morgan fingerprint density at radius 2 is 1.37 bits per heavy atom. The van der Waals surface area contributed by atoms with Gasteiger partial charge in [0, 0.05) is 29.8 Å². The van der Waals surface area contributed by atoms with E-state index in [0.29, 0.717) is 25.1 Å². The number of carboxylic acids is 1. The molecule has 0 aliphatic rings. The number of amides is 1. The lowest BCUT2D eigenvalue weighted by Gasteiger charge is -2.31. The molecule has 0 aliphatic heterocycles. The molecule has 2 aromatic carbocycles. The smallest absolute Gasteiger partial charge is 0.347 e. The van der Waals surface area contributed by atoms with Crippen molar-refractivity contribution in [3.05, 3.63) is 53.1 Å². The fourth-order valence-corrected chi connectivity index (χ4v) is 3.81. The molecule has 0 heterocycles. The number of phenolic OH excluding ortho intramolecular Hbond substituents is 1. The van der Waals surface area contributed by atoms with Gasteiger partial charge in [-0.3, -0.25) is 4.79 Å². The zero-order valence-electron chi connectivity index (χ0n) is 22.7. The maximum absolute atomic E-state index is 13.0. The Kier molecular flexibility index (Phi) is 8.31. The molecule has 2 N–H and O–H groups in total. The van der Waals surface area contributed by atoms with Crippen LogP contribution < -0.4 is 9.64 Å². The monoisotopic (exact) mass is 483 g/mol. The molecule has 0 atom stereocenters. The summed E-state index contributed by atoms with van der Waals surface area (Å²) in [7, 11) is 0. The largest absolute Gasteiger partial charge is 0.507 e. The lowest BCUT2D eigenvalue weighted by molar-refractivity contribution is -0.152. The highest BCUT2D eigenvalue weighted by Crippen LogP contribution is 2.42. The number of phenols is 1. The summed E-state index contributed by atoms with van der Waals surface area (Å²) in [5.41, 5.74) is 1.52. The van der Waals surface area contributed by atoms with E-state index in [0.717, 1.165) is 22.4 Å². The summed E-state index contributed by atoms with van der Waals surface area (Å²) in [4.78, 5) is 26.1. The summed E-state index contributed by atoms with van der Waals surface area (Å²) in [5, 5.41) is 20.3. The second-order valence-corrected chi connectivity index (χ2v) is 11.6. The lowest BCUT2D eigenvalue weighted by atomic mass is 9.79. The van der Waals surface area contributed by atoms with E-state index >= 15 is 0 Å². The third-order valence-corrected chi connectivity index (χ3v) is 6.06. The van der Waals surface area contributed by atoms with E-state index in [4.69, 9.17) is 4.74 Å². The summed E-state index contributed by atoms with van der Waals surface area (Å²) in [5.74, 6) is -0.254. The number of rotatable bonds is 8. The fourth-order valence-electron chi connectivity index (χ4n) is 3.81. The van der Waals surface area contributed by atoms with Crippen molar-refractivity contribution in [2.75, 3.05) is 11.4 Å². The molecule has 2 rings (SSSR count). The van der Waals surface area contributed by atoms with Crippen LogP contribution in [0.3, 0.4) is 0 Å². The van der Waals surface area contributed by atoms with Crippen molar-refractivity contribution < 1.29 is 24.5 Å². The number of carbonyl (C=O) groups excluding carboxylic acids is 1. The van der Waals surface area contributed by atoms with Crippen molar-refractivity contribution in [1.82, 2.24) is 0 Å². The molecule has 0 aromatic heterocycles. The Labute approximate surface area is 209 Å². The van der Waals surface area contributed by atoms with Crippen LogP contribution in [0, 0.1) is 0 Å². The van der Waals surface area contributed by atoms with Crippen LogP contribution >= 0.6 is 0 Å². The molecule has 0 bridgehead atoms. The van der Waals surface area contributed by atoms with Gasteiger partial charge in [0.2, 0.25) is 5.91 Å².